The van der Waals surface area contributed by atoms with Gasteiger partial charge in [-0.05, 0) is 72.8 Å². The highest BCUT2D eigenvalue weighted by atomic mass is 19.4. The standard InChI is InChI=1S/C27H24BF9NO3/c1-5-23(38(2,3)4)22-16-19(27(35,36)37)10-15-24(22)41-28(39-20-11-6-17(7-12-20)25(29,30)31)40-21-13-8-18(9-14-21)26(32,33)34/h5-16,23H,1H2,2-4H3/q+1. The molecule has 0 radical (unpaired) electrons. The molecule has 0 saturated carbocycles. The van der Waals surface area contributed by atoms with Crippen molar-refractivity contribution >= 4 is 7.32 Å². The molecule has 0 saturated heterocycles. The SMILES string of the molecule is C=CC(c1cc(C(F)(F)F)ccc1OB(Oc1ccc(C(F)(F)F)cc1)Oc1ccc(C(F)(F)F)cc1)[N+](C)(C)C. The number of alkyl halides is 9. The molecule has 4 nitrogen and oxygen atoms in total. The number of benzene rings is 3. The van der Waals surface area contributed by atoms with E-state index in [1.807, 2.05) is 0 Å². The van der Waals surface area contributed by atoms with Crippen molar-refractivity contribution < 1.29 is 58.0 Å². The summed E-state index contributed by atoms with van der Waals surface area (Å²) in [5.41, 5.74) is -2.91. The van der Waals surface area contributed by atoms with Gasteiger partial charge in [0.15, 0.2) is 0 Å². The van der Waals surface area contributed by atoms with Crippen molar-refractivity contribution in [2.45, 2.75) is 24.6 Å². The van der Waals surface area contributed by atoms with E-state index >= 15 is 0 Å². The van der Waals surface area contributed by atoms with Crippen LogP contribution in [0.1, 0.15) is 28.3 Å². The fourth-order valence-corrected chi connectivity index (χ4v) is 3.77. The second-order valence-corrected chi connectivity index (χ2v) is 9.73. The fourth-order valence-electron chi connectivity index (χ4n) is 3.77. The summed E-state index contributed by atoms with van der Waals surface area (Å²) in [5.74, 6) is -0.523. The average Bonchev–Trinajstić information content (AvgIpc) is 2.83. The highest BCUT2D eigenvalue weighted by Crippen LogP contribution is 2.39. The first-order valence-electron chi connectivity index (χ1n) is 11.8. The molecule has 3 rings (SSSR count). The van der Waals surface area contributed by atoms with Crippen LogP contribution in [0.15, 0.2) is 79.4 Å². The second kappa shape index (κ2) is 11.6. The van der Waals surface area contributed by atoms with Gasteiger partial charge in [0, 0.05) is 0 Å². The molecule has 1 unspecified atom stereocenters. The van der Waals surface area contributed by atoms with Crippen molar-refractivity contribution in [1.29, 1.82) is 0 Å². The molecule has 0 aliphatic rings. The van der Waals surface area contributed by atoms with Gasteiger partial charge in [-0.2, -0.15) is 39.5 Å². The maximum Gasteiger partial charge on any atom is 0.864 e. The predicted octanol–water partition coefficient (Wildman–Crippen LogP) is 8.20. The Morgan fingerprint density at radius 1 is 0.634 bits per heavy atom. The summed E-state index contributed by atoms with van der Waals surface area (Å²) in [6.07, 6.45) is -12.6. The lowest BCUT2D eigenvalue weighted by Crippen LogP contribution is -2.40. The zero-order chi connectivity index (χ0) is 30.8. The number of halogens is 9. The maximum atomic E-state index is 13.6. The molecular weight excluding hydrogens is 568 g/mol. The molecule has 3 aromatic rings. The molecule has 0 bridgehead atoms. The monoisotopic (exact) mass is 592 g/mol. The normalized spacial score (nSPS) is 13.4. The number of likely N-dealkylation sites (N-methyl/N-ethyl adjacent to an activating group) is 1. The summed E-state index contributed by atoms with van der Waals surface area (Å²) >= 11 is 0. The Morgan fingerprint density at radius 3 is 1.37 bits per heavy atom. The summed E-state index contributed by atoms with van der Waals surface area (Å²) < 4.78 is 136. The highest BCUT2D eigenvalue weighted by Gasteiger charge is 2.38. The molecule has 0 aromatic heterocycles. The first-order valence-corrected chi connectivity index (χ1v) is 11.8. The number of hydrogen-bond acceptors (Lipinski definition) is 3. The lowest BCUT2D eigenvalue weighted by atomic mass is 9.99. The van der Waals surface area contributed by atoms with Gasteiger partial charge >= 0.3 is 25.9 Å². The lowest BCUT2D eigenvalue weighted by Gasteiger charge is -2.33. The Hall–Kier alpha value is -3.81. The molecule has 0 amide bonds. The Balaban J connectivity index is 2.04. The van der Waals surface area contributed by atoms with Crippen LogP contribution in [0.2, 0.25) is 0 Å². The summed E-state index contributed by atoms with van der Waals surface area (Å²) in [6, 6.07) is 8.61. The largest absolute Gasteiger partial charge is 0.864 e. The van der Waals surface area contributed by atoms with Crippen LogP contribution in [0.3, 0.4) is 0 Å². The van der Waals surface area contributed by atoms with Crippen LogP contribution < -0.4 is 14.0 Å². The van der Waals surface area contributed by atoms with E-state index in [-0.39, 0.29) is 27.3 Å². The number of nitrogens with zero attached hydrogens (tertiary/aromatic N) is 1. The Labute approximate surface area is 230 Å². The summed E-state index contributed by atoms with van der Waals surface area (Å²) in [5, 5.41) is 0. The van der Waals surface area contributed by atoms with Crippen molar-refractivity contribution in [1.82, 2.24) is 0 Å². The van der Waals surface area contributed by atoms with Gasteiger partial charge in [-0.25, -0.2) is 0 Å². The summed E-state index contributed by atoms with van der Waals surface area (Å²) in [7, 11) is 3.25. The third kappa shape index (κ3) is 8.35. The number of quaternary nitrogens is 1. The van der Waals surface area contributed by atoms with E-state index < -0.39 is 48.6 Å². The molecule has 0 N–H and O–H groups in total. The molecule has 41 heavy (non-hydrogen) atoms. The minimum atomic E-state index is -4.70. The van der Waals surface area contributed by atoms with E-state index in [1.54, 1.807) is 21.1 Å². The molecule has 220 valence electrons. The summed E-state index contributed by atoms with van der Waals surface area (Å²) in [6.45, 7) is 3.71. The third-order valence-corrected chi connectivity index (χ3v) is 5.76. The molecule has 0 fully saturated rings. The van der Waals surface area contributed by atoms with Crippen molar-refractivity contribution in [2.24, 2.45) is 0 Å². The van der Waals surface area contributed by atoms with E-state index in [4.69, 9.17) is 14.0 Å². The Bertz CT molecular complexity index is 1270. The third-order valence-electron chi connectivity index (χ3n) is 5.76. The van der Waals surface area contributed by atoms with E-state index in [9.17, 15) is 39.5 Å². The van der Waals surface area contributed by atoms with Crippen molar-refractivity contribution in [2.75, 3.05) is 21.1 Å². The molecule has 14 heteroatoms. The molecule has 3 aromatic carbocycles. The van der Waals surface area contributed by atoms with E-state index in [1.165, 1.54) is 6.08 Å². The van der Waals surface area contributed by atoms with Gasteiger partial charge in [0.1, 0.15) is 23.3 Å². The number of hydrogen-bond donors (Lipinski definition) is 0. The van der Waals surface area contributed by atoms with Crippen molar-refractivity contribution in [3.05, 3.63) is 102 Å². The van der Waals surface area contributed by atoms with E-state index in [2.05, 4.69) is 6.58 Å². The van der Waals surface area contributed by atoms with Crippen LogP contribution in [0.5, 0.6) is 17.2 Å². The first kappa shape index (κ1) is 31.7. The maximum absolute atomic E-state index is 13.6. The average molecular weight is 592 g/mol. The molecule has 1 atom stereocenters. The van der Waals surface area contributed by atoms with Crippen molar-refractivity contribution in [3.63, 3.8) is 0 Å². The fraction of sp³-hybridized carbons (Fsp3) is 0.259. The van der Waals surface area contributed by atoms with Gasteiger partial charge in [0.25, 0.3) is 0 Å². The topological polar surface area (TPSA) is 27.7 Å². The van der Waals surface area contributed by atoms with Gasteiger partial charge in [0.05, 0.1) is 43.4 Å². The van der Waals surface area contributed by atoms with Gasteiger partial charge in [-0.1, -0.05) is 6.58 Å². The minimum absolute atomic E-state index is 0.0272. The Kier molecular flexibility index (Phi) is 8.97. The van der Waals surface area contributed by atoms with Crippen LogP contribution in [-0.2, 0) is 18.5 Å². The molecule has 0 heterocycles. The zero-order valence-electron chi connectivity index (χ0n) is 21.9. The van der Waals surface area contributed by atoms with E-state index in [0.717, 1.165) is 66.7 Å². The van der Waals surface area contributed by atoms with Crippen LogP contribution in [0.25, 0.3) is 0 Å². The van der Waals surface area contributed by atoms with Crippen LogP contribution >= 0.6 is 0 Å². The van der Waals surface area contributed by atoms with Gasteiger partial charge < -0.3 is 18.4 Å². The van der Waals surface area contributed by atoms with Crippen LogP contribution in [0, 0.1) is 0 Å². The smallest absolute Gasteiger partial charge is 0.490 e. The highest BCUT2D eigenvalue weighted by molar-refractivity contribution is 6.39. The molecule has 0 aliphatic carbocycles. The van der Waals surface area contributed by atoms with Gasteiger partial charge in [0.2, 0.25) is 0 Å². The Morgan fingerprint density at radius 2 is 1.02 bits per heavy atom. The second-order valence-electron chi connectivity index (χ2n) is 9.73. The lowest BCUT2D eigenvalue weighted by molar-refractivity contribution is -0.895. The minimum Gasteiger partial charge on any atom is -0.490 e. The molecular formula is C27H24BF9NO3+. The van der Waals surface area contributed by atoms with Crippen LogP contribution in [-0.4, -0.2) is 32.9 Å². The first-order chi connectivity index (χ1) is 18.8. The summed E-state index contributed by atoms with van der Waals surface area (Å²) in [4.78, 5) is 0. The van der Waals surface area contributed by atoms with E-state index in [0.29, 0.717) is 0 Å². The van der Waals surface area contributed by atoms with Crippen LogP contribution in [0.4, 0.5) is 39.5 Å². The molecule has 0 aliphatic heterocycles. The molecule has 0 spiro atoms. The predicted molar refractivity (Wildman–Crippen MR) is 133 cm³/mol. The quantitative estimate of drug-likeness (QED) is 0.109. The number of rotatable bonds is 9. The van der Waals surface area contributed by atoms with Gasteiger partial charge in [-0.3, -0.25) is 0 Å². The zero-order valence-corrected chi connectivity index (χ0v) is 21.9. The van der Waals surface area contributed by atoms with Gasteiger partial charge in [-0.15, -0.1) is 0 Å². The van der Waals surface area contributed by atoms with Crippen molar-refractivity contribution in [3.8, 4) is 17.2 Å².